The second-order valence-electron chi connectivity index (χ2n) is 7.78. The average molecular weight is 393 g/mol. The van der Waals surface area contributed by atoms with Crippen LogP contribution in [-0.4, -0.2) is 40.8 Å². The third-order valence-corrected chi connectivity index (χ3v) is 4.93. The van der Waals surface area contributed by atoms with E-state index in [1.807, 2.05) is 32.1 Å². The van der Waals surface area contributed by atoms with Gasteiger partial charge in [0.2, 0.25) is 0 Å². The number of unbranched alkanes of at least 4 members (excludes halogenated alkanes) is 2. The monoisotopic (exact) mass is 392 g/mol. The zero-order valence-electron chi connectivity index (χ0n) is 17.5. The third kappa shape index (κ3) is 10.00. The van der Waals surface area contributed by atoms with Gasteiger partial charge in [-0.15, -0.1) is 0 Å². The molecule has 5 heteroatoms. The molecule has 158 valence electrons. The molecule has 0 bridgehead atoms. The van der Waals surface area contributed by atoms with Crippen molar-refractivity contribution in [3.63, 3.8) is 0 Å². The van der Waals surface area contributed by atoms with Crippen LogP contribution in [0.3, 0.4) is 0 Å². The fourth-order valence-electron chi connectivity index (χ4n) is 3.36. The molecule has 0 amide bonds. The van der Waals surface area contributed by atoms with Crippen molar-refractivity contribution in [3.05, 3.63) is 36.0 Å². The summed E-state index contributed by atoms with van der Waals surface area (Å²) in [6.45, 7) is 5.90. The molecule has 0 aliphatic heterocycles. The van der Waals surface area contributed by atoms with Crippen molar-refractivity contribution in [3.8, 4) is 0 Å². The van der Waals surface area contributed by atoms with E-state index in [4.69, 9.17) is 4.74 Å². The number of hydrogen-bond donors (Lipinski definition) is 2. The van der Waals surface area contributed by atoms with Gasteiger partial charge in [-0.1, -0.05) is 36.0 Å². The summed E-state index contributed by atoms with van der Waals surface area (Å²) in [7, 11) is 0. The van der Waals surface area contributed by atoms with Gasteiger partial charge in [0.1, 0.15) is 5.78 Å². The number of aliphatic hydroxyl groups excluding tert-OH is 2. The van der Waals surface area contributed by atoms with E-state index in [2.05, 4.69) is 6.08 Å². The van der Waals surface area contributed by atoms with Gasteiger partial charge in [-0.2, -0.15) is 0 Å². The van der Waals surface area contributed by atoms with Crippen molar-refractivity contribution in [1.29, 1.82) is 0 Å². The third-order valence-electron chi connectivity index (χ3n) is 4.93. The van der Waals surface area contributed by atoms with Gasteiger partial charge in [0.05, 0.1) is 18.8 Å². The van der Waals surface area contributed by atoms with Crippen LogP contribution in [0.1, 0.15) is 65.7 Å². The Labute approximate surface area is 169 Å². The first-order chi connectivity index (χ1) is 13.3. The Hall–Kier alpha value is -1.72. The molecule has 1 fully saturated rings. The van der Waals surface area contributed by atoms with E-state index in [1.165, 1.54) is 12.5 Å². The van der Waals surface area contributed by atoms with Crippen molar-refractivity contribution in [2.45, 2.75) is 77.9 Å². The van der Waals surface area contributed by atoms with Gasteiger partial charge in [0, 0.05) is 25.2 Å². The number of rotatable bonds is 12. The van der Waals surface area contributed by atoms with E-state index in [0.717, 1.165) is 25.7 Å². The quantitative estimate of drug-likeness (QED) is 0.299. The maximum Gasteiger partial charge on any atom is 0.302 e. The molecule has 0 spiro atoms. The number of hydrogen-bond acceptors (Lipinski definition) is 5. The number of allylic oxidation sites excluding steroid dienone is 4. The summed E-state index contributed by atoms with van der Waals surface area (Å²) in [6.07, 6.45) is 13.3. The highest BCUT2D eigenvalue weighted by molar-refractivity contribution is 5.84. The predicted molar refractivity (Wildman–Crippen MR) is 111 cm³/mol. The van der Waals surface area contributed by atoms with Gasteiger partial charge in [0.15, 0.2) is 0 Å². The molecule has 4 atom stereocenters. The Balaban J connectivity index is 2.42. The van der Waals surface area contributed by atoms with E-state index in [1.54, 1.807) is 6.08 Å². The van der Waals surface area contributed by atoms with Crippen molar-refractivity contribution in [1.82, 2.24) is 0 Å². The SMILES string of the molecule is CC(=O)OCCCC/C=C\C[C@H]1C(=O)C[C@@H](O)[C@@H]1/C=C/[C@@H](O)CCC=C(C)C. The Kier molecular flexibility index (Phi) is 11.7. The summed E-state index contributed by atoms with van der Waals surface area (Å²) in [4.78, 5) is 22.9. The summed E-state index contributed by atoms with van der Waals surface area (Å²) < 4.78 is 4.89. The van der Waals surface area contributed by atoms with E-state index >= 15 is 0 Å². The minimum absolute atomic E-state index is 0.0840. The summed E-state index contributed by atoms with van der Waals surface area (Å²) >= 11 is 0. The minimum atomic E-state index is -0.670. The second-order valence-corrected chi connectivity index (χ2v) is 7.78. The number of aliphatic hydroxyl groups is 2. The zero-order valence-corrected chi connectivity index (χ0v) is 17.5. The van der Waals surface area contributed by atoms with Gasteiger partial charge < -0.3 is 14.9 Å². The molecule has 0 radical (unpaired) electrons. The number of esters is 1. The minimum Gasteiger partial charge on any atom is -0.466 e. The molecule has 0 saturated heterocycles. The Morgan fingerprint density at radius 2 is 1.96 bits per heavy atom. The topological polar surface area (TPSA) is 83.8 Å². The van der Waals surface area contributed by atoms with Crippen LogP contribution in [0.25, 0.3) is 0 Å². The highest BCUT2D eigenvalue weighted by atomic mass is 16.5. The van der Waals surface area contributed by atoms with Crippen LogP contribution in [0.4, 0.5) is 0 Å². The lowest BCUT2D eigenvalue weighted by Gasteiger charge is -2.16. The van der Waals surface area contributed by atoms with Crippen LogP contribution < -0.4 is 0 Å². The van der Waals surface area contributed by atoms with Crippen LogP contribution in [0.5, 0.6) is 0 Å². The smallest absolute Gasteiger partial charge is 0.302 e. The van der Waals surface area contributed by atoms with Gasteiger partial charge >= 0.3 is 5.97 Å². The van der Waals surface area contributed by atoms with E-state index < -0.39 is 12.2 Å². The van der Waals surface area contributed by atoms with Crippen molar-refractivity contribution in [2.75, 3.05) is 6.61 Å². The van der Waals surface area contributed by atoms with Crippen molar-refractivity contribution >= 4 is 11.8 Å². The highest BCUT2D eigenvalue weighted by Crippen LogP contribution is 2.33. The second kappa shape index (κ2) is 13.5. The number of carbonyl (C=O) groups excluding carboxylic acids is 2. The van der Waals surface area contributed by atoms with Crippen LogP contribution in [-0.2, 0) is 14.3 Å². The largest absolute Gasteiger partial charge is 0.466 e. The standard InChI is InChI=1S/C23H36O5/c1-17(2)10-9-11-19(25)13-14-21-20(22(26)16-23(21)27)12-7-5-4-6-8-15-28-18(3)24/h5,7,10,13-14,19-21,23,25,27H,4,6,8-9,11-12,15-16H2,1-3H3/b7-5-,14-13+/t19-,20+,21+,23+/m0/s1. The van der Waals surface area contributed by atoms with E-state index in [9.17, 15) is 19.8 Å². The van der Waals surface area contributed by atoms with Gasteiger partial charge in [-0.05, 0) is 52.4 Å². The van der Waals surface area contributed by atoms with Crippen LogP contribution in [0.2, 0.25) is 0 Å². The molecule has 1 aliphatic rings. The number of ketones is 1. The van der Waals surface area contributed by atoms with Crippen molar-refractivity contribution < 1.29 is 24.5 Å². The summed E-state index contributed by atoms with van der Waals surface area (Å²) in [5, 5.41) is 20.3. The number of carbonyl (C=O) groups is 2. The van der Waals surface area contributed by atoms with E-state index in [-0.39, 0.29) is 30.0 Å². The van der Waals surface area contributed by atoms with Crippen LogP contribution in [0, 0.1) is 11.8 Å². The van der Waals surface area contributed by atoms with Gasteiger partial charge in [-0.3, -0.25) is 9.59 Å². The first-order valence-corrected chi connectivity index (χ1v) is 10.3. The first-order valence-electron chi connectivity index (χ1n) is 10.3. The molecular weight excluding hydrogens is 356 g/mol. The molecule has 1 rings (SSSR count). The molecule has 0 heterocycles. The molecule has 0 aromatic rings. The molecule has 5 nitrogen and oxygen atoms in total. The molecular formula is C23H36O5. The molecule has 0 aromatic carbocycles. The maximum absolute atomic E-state index is 12.2. The summed E-state index contributed by atoms with van der Waals surface area (Å²) in [5.41, 5.74) is 1.23. The van der Waals surface area contributed by atoms with Gasteiger partial charge in [0.25, 0.3) is 0 Å². The lowest BCUT2D eigenvalue weighted by molar-refractivity contribution is -0.141. The maximum atomic E-state index is 12.2. The van der Waals surface area contributed by atoms with E-state index in [0.29, 0.717) is 19.4 Å². The molecule has 28 heavy (non-hydrogen) atoms. The van der Waals surface area contributed by atoms with Crippen LogP contribution >= 0.6 is 0 Å². The fourth-order valence-corrected chi connectivity index (χ4v) is 3.36. The molecule has 0 unspecified atom stereocenters. The zero-order chi connectivity index (χ0) is 20.9. The number of Topliss-reactive ketones (excluding diaryl/α,β-unsaturated/α-hetero) is 1. The molecule has 0 aromatic heterocycles. The first kappa shape index (κ1) is 24.3. The normalized spacial score (nSPS) is 23.5. The Bertz CT molecular complexity index is 572. The average Bonchev–Trinajstić information content (AvgIpc) is 2.87. The van der Waals surface area contributed by atoms with Crippen LogP contribution in [0.15, 0.2) is 36.0 Å². The highest BCUT2D eigenvalue weighted by Gasteiger charge is 2.39. The Morgan fingerprint density at radius 3 is 2.64 bits per heavy atom. The lowest BCUT2D eigenvalue weighted by Crippen LogP contribution is -2.18. The fraction of sp³-hybridized carbons (Fsp3) is 0.652. The molecule has 2 N–H and O–H groups in total. The molecule has 1 aliphatic carbocycles. The molecule has 1 saturated carbocycles. The predicted octanol–water partition coefficient (Wildman–Crippen LogP) is 3.90. The lowest BCUT2D eigenvalue weighted by atomic mass is 9.90. The van der Waals surface area contributed by atoms with Gasteiger partial charge in [-0.25, -0.2) is 0 Å². The summed E-state index contributed by atoms with van der Waals surface area (Å²) in [6, 6.07) is 0. The Morgan fingerprint density at radius 1 is 1.21 bits per heavy atom. The van der Waals surface area contributed by atoms with Crippen molar-refractivity contribution in [2.24, 2.45) is 11.8 Å². The summed E-state index contributed by atoms with van der Waals surface area (Å²) in [5.74, 6) is -0.636. The number of ether oxygens (including phenoxy) is 1.